The molecule has 1 aliphatic rings. The highest BCUT2D eigenvalue weighted by atomic mass is 79.9. The monoisotopic (exact) mass is 423 g/mol. The van der Waals surface area contributed by atoms with Crippen molar-refractivity contribution in [3.63, 3.8) is 0 Å². The lowest BCUT2D eigenvalue weighted by atomic mass is 10.1. The van der Waals surface area contributed by atoms with Gasteiger partial charge in [-0.3, -0.25) is 4.90 Å². The normalized spacial score (nSPS) is 14.6. The molecule has 1 fully saturated rings. The summed E-state index contributed by atoms with van der Waals surface area (Å²) in [6, 6.07) is 15.5. The summed E-state index contributed by atoms with van der Waals surface area (Å²) in [5, 5.41) is 0. The third kappa shape index (κ3) is 5.84. The average molecular weight is 425 g/mol. The summed E-state index contributed by atoms with van der Waals surface area (Å²) < 4.78 is 6.40. The maximum Gasteiger partial charge on any atom is 0.338 e. The van der Waals surface area contributed by atoms with Crippen LogP contribution in [0.15, 0.2) is 53.0 Å². The zero-order chi connectivity index (χ0) is 16.8. The molecule has 1 saturated heterocycles. The molecular formula is C20H23BrClNO2. The Balaban J connectivity index is 0.00000225. The molecule has 0 unspecified atom stereocenters. The lowest BCUT2D eigenvalue weighted by molar-refractivity contribution is 0.0470. The highest BCUT2D eigenvalue weighted by Gasteiger charge is 2.14. The van der Waals surface area contributed by atoms with E-state index in [2.05, 4.69) is 33.0 Å². The van der Waals surface area contributed by atoms with Gasteiger partial charge in [-0.1, -0.05) is 52.7 Å². The molecule has 3 nitrogen and oxygen atoms in total. The van der Waals surface area contributed by atoms with Crippen molar-refractivity contribution < 1.29 is 9.53 Å². The molecule has 2 aromatic rings. The van der Waals surface area contributed by atoms with E-state index in [4.69, 9.17) is 4.74 Å². The van der Waals surface area contributed by atoms with Gasteiger partial charge in [0.25, 0.3) is 0 Å². The fraction of sp³-hybridized carbons (Fsp3) is 0.350. The Morgan fingerprint density at radius 3 is 2.44 bits per heavy atom. The van der Waals surface area contributed by atoms with E-state index in [9.17, 15) is 4.79 Å². The molecule has 0 saturated carbocycles. The van der Waals surface area contributed by atoms with Crippen molar-refractivity contribution in [2.75, 3.05) is 13.1 Å². The van der Waals surface area contributed by atoms with Crippen LogP contribution in [-0.4, -0.2) is 24.0 Å². The maximum absolute atomic E-state index is 12.2. The quantitative estimate of drug-likeness (QED) is 0.617. The van der Waals surface area contributed by atoms with Crippen LogP contribution in [0.25, 0.3) is 0 Å². The molecule has 0 atom stereocenters. The number of halogens is 2. The standard InChI is InChI=1S/C20H22BrNO2.ClH/c21-19-10-6-9-16(13-19)20(23)24-15-18-8-3-2-7-17(18)14-22-11-4-1-5-12-22;/h2-3,6-10,13H,1,4-5,11-12,14-15H2;1H. The molecule has 5 heteroatoms. The van der Waals surface area contributed by atoms with E-state index in [1.807, 2.05) is 24.3 Å². The van der Waals surface area contributed by atoms with Crippen molar-refractivity contribution >= 4 is 34.3 Å². The number of rotatable bonds is 5. The average Bonchev–Trinajstić information content (AvgIpc) is 2.61. The van der Waals surface area contributed by atoms with E-state index in [1.54, 1.807) is 12.1 Å². The van der Waals surface area contributed by atoms with E-state index in [0.29, 0.717) is 12.2 Å². The van der Waals surface area contributed by atoms with Gasteiger partial charge in [-0.25, -0.2) is 4.79 Å². The van der Waals surface area contributed by atoms with E-state index >= 15 is 0 Å². The minimum atomic E-state index is -0.288. The molecule has 0 spiro atoms. The van der Waals surface area contributed by atoms with Crippen molar-refractivity contribution in [2.45, 2.75) is 32.4 Å². The van der Waals surface area contributed by atoms with Gasteiger partial charge in [-0.2, -0.15) is 0 Å². The van der Waals surface area contributed by atoms with E-state index in [0.717, 1.165) is 29.7 Å². The van der Waals surface area contributed by atoms with Gasteiger partial charge in [-0.15, -0.1) is 12.4 Å². The van der Waals surface area contributed by atoms with Crippen LogP contribution < -0.4 is 0 Å². The third-order valence-electron chi connectivity index (χ3n) is 4.38. The molecule has 1 heterocycles. The lowest BCUT2D eigenvalue weighted by Crippen LogP contribution is -2.29. The second-order valence-corrected chi connectivity index (χ2v) is 7.11. The second kappa shape index (κ2) is 9.95. The summed E-state index contributed by atoms with van der Waals surface area (Å²) >= 11 is 3.38. The van der Waals surface area contributed by atoms with E-state index in [-0.39, 0.29) is 18.4 Å². The fourth-order valence-corrected chi connectivity index (χ4v) is 3.45. The van der Waals surface area contributed by atoms with Crippen LogP contribution in [0, 0.1) is 0 Å². The molecule has 2 aromatic carbocycles. The van der Waals surface area contributed by atoms with Gasteiger partial charge in [0.15, 0.2) is 0 Å². The van der Waals surface area contributed by atoms with Crippen molar-refractivity contribution in [3.05, 3.63) is 69.7 Å². The van der Waals surface area contributed by atoms with Crippen LogP contribution in [-0.2, 0) is 17.9 Å². The number of hydrogen-bond donors (Lipinski definition) is 0. The number of benzene rings is 2. The minimum Gasteiger partial charge on any atom is -0.457 e. The number of carbonyl (C=O) groups is 1. The Hall–Kier alpha value is -1.36. The topological polar surface area (TPSA) is 29.5 Å². The first-order valence-corrected chi connectivity index (χ1v) is 9.23. The number of likely N-dealkylation sites (tertiary alicyclic amines) is 1. The summed E-state index contributed by atoms with van der Waals surface area (Å²) in [5.74, 6) is -0.288. The van der Waals surface area contributed by atoms with Gasteiger partial charge < -0.3 is 4.74 Å². The largest absolute Gasteiger partial charge is 0.457 e. The first-order valence-electron chi connectivity index (χ1n) is 8.44. The van der Waals surface area contributed by atoms with Crippen LogP contribution in [0.2, 0.25) is 0 Å². The van der Waals surface area contributed by atoms with Crippen LogP contribution >= 0.6 is 28.3 Å². The molecule has 0 radical (unpaired) electrons. The highest BCUT2D eigenvalue weighted by molar-refractivity contribution is 9.10. The molecule has 0 amide bonds. The van der Waals surface area contributed by atoms with Crippen LogP contribution in [0.3, 0.4) is 0 Å². The molecule has 0 aromatic heterocycles. The Kier molecular flexibility index (Phi) is 7.94. The zero-order valence-electron chi connectivity index (χ0n) is 14.1. The second-order valence-electron chi connectivity index (χ2n) is 6.19. The molecule has 1 aliphatic heterocycles. The molecule has 25 heavy (non-hydrogen) atoms. The number of nitrogens with zero attached hydrogens (tertiary/aromatic N) is 1. The van der Waals surface area contributed by atoms with Crippen molar-refractivity contribution in [1.29, 1.82) is 0 Å². The summed E-state index contributed by atoms with van der Waals surface area (Å²) in [6.45, 7) is 3.57. The van der Waals surface area contributed by atoms with Crippen molar-refractivity contribution in [1.82, 2.24) is 4.90 Å². The van der Waals surface area contributed by atoms with E-state index in [1.165, 1.54) is 24.8 Å². The number of esters is 1. The number of carbonyl (C=O) groups excluding carboxylic acids is 1. The number of hydrogen-bond acceptors (Lipinski definition) is 3. The maximum atomic E-state index is 12.2. The molecule has 134 valence electrons. The van der Waals surface area contributed by atoms with Gasteiger partial charge in [0.2, 0.25) is 0 Å². The van der Waals surface area contributed by atoms with Gasteiger partial charge >= 0.3 is 5.97 Å². The van der Waals surface area contributed by atoms with Crippen molar-refractivity contribution in [3.8, 4) is 0 Å². The number of ether oxygens (including phenoxy) is 1. The van der Waals surface area contributed by atoms with Gasteiger partial charge in [0.1, 0.15) is 6.61 Å². The minimum absolute atomic E-state index is 0. The molecule has 0 bridgehead atoms. The van der Waals surface area contributed by atoms with Crippen molar-refractivity contribution in [2.24, 2.45) is 0 Å². The Morgan fingerprint density at radius 1 is 1.00 bits per heavy atom. The first kappa shape index (κ1) is 20.0. The summed E-state index contributed by atoms with van der Waals surface area (Å²) in [5.41, 5.74) is 2.91. The molecule has 3 rings (SSSR count). The Bertz CT molecular complexity index is 702. The van der Waals surface area contributed by atoms with Crippen LogP contribution in [0.1, 0.15) is 40.7 Å². The van der Waals surface area contributed by atoms with Crippen LogP contribution in [0.5, 0.6) is 0 Å². The van der Waals surface area contributed by atoms with Gasteiger partial charge in [0.05, 0.1) is 5.56 Å². The summed E-state index contributed by atoms with van der Waals surface area (Å²) in [6.07, 6.45) is 3.89. The predicted octanol–water partition coefficient (Wildman–Crippen LogP) is 5.21. The summed E-state index contributed by atoms with van der Waals surface area (Å²) in [4.78, 5) is 14.7. The van der Waals surface area contributed by atoms with Gasteiger partial charge in [-0.05, 0) is 55.3 Å². The first-order chi connectivity index (χ1) is 11.7. The fourth-order valence-electron chi connectivity index (χ4n) is 3.05. The molecular weight excluding hydrogens is 402 g/mol. The van der Waals surface area contributed by atoms with E-state index < -0.39 is 0 Å². The lowest BCUT2D eigenvalue weighted by Gasteiger charge is -2.27. The summed E-state index contributed by atoms with van der Waals surface area (Å²) in [7, 11) is 0. The zero-order valence-corrected chi connectivity index (χ0v) is 16.5. The Labute approximate surface area is 163 Å². The molecule has 0 N–H and O–H groups in total. The Morgan fingerprint density at radius 2 is 1.72 bits per heavy atom. The SMILES string of the molecule is Cl.O=C(OCc1ccccc1CN1CCCCC1)c1cccc(Br)c1. The number of piperidine rings is 1. The predicted molar refractivity (Wildman–Crippen MR) is 106 cm³/mol. The highest BCUT2D eigenvalue weighted by Crippen LogP contribution is 2.18. The molecule has 0 aliphatic carbocycles. The third-order valence-corrected chi connectivity index (χ3v) is 4.87. The van der Waals surface area contributed by atoms with Gasteiger partial charge in [0, 0.05) is 11.0 Å². The smallest absolute Gasteiger partial charge is 0.338 e. The van der Waals surface area contributed by atoms with Crippen LogP contribution in [0.4, 0.5) is 0 Å².